The Balaban J connectivity index is 1.92. The molecule has 0 aliphatic carbocycles. The molecule has 0 spiro atoms. The number of hydrogen-bond donors (Lipinski definition) is 2. The molecule has 9 nitrogen and oxygen atoms in total. The molecule has 44 heavy (non-hydrogen) atoms. The quantitative estimate of drug-likeness (QED) is 0.126. The molecular formula is C31H30F4N4O5. The maximum atomic E-state index is 15.7. The lowest BCUT2D eigenvalue weighted by Gasteiger charge is -2.27. The fraction of sp³-hybridized carbons (Fsp3) is 0.258. The first-order chi connectivity index (χ1) is 20.9. The van der Waals surface area contributed by atoms with Crippen molar-refractivity contribution in [3.8, 4) is 22.9 Å². The predicted molar refractivity (Wildman–Crippen MR) is 152 cm³/mol. The van der Waals surface area contributed by atoms with Crippen LogP contribution in [0.4, 0.5) is 23.4 Å². The number of aryl methyl sites for hydroxylation is 1. The molecule has 232 valence electrons. The fourth-order valence-electron chi connectivity index (χ4n) is 4.63. The standard InChI is InChI=1S/C31H30F4N4O5/c1-5-44-30(40)23-17-39(41)29(26(32)27(23)36)28-25(31(33,34)35)18(2)14-24(37-28)38(15-19-6-10-21(42-3)11-7-19)16-20-8-12-22(43-4)13-9-20/h6-14,17,36,41H,5,15-16H2,1-4H3. The van der Waals surface area contributed by atoms with Gasteiger partial charge in [0.1, 0.15) is 39.6 Å². The van der Waals surface area contributed by atoms with Crippen LogP contribution < -0.4 is 19.7 Å². The summed E-state index contributed by atoms with van der Waals surface area (Å²) in [5, 5.41) is 17.8. The van der Waals surface area contributed by atoms with Crippen molar-refractivity contribution in [1.29, 1.82) is 5.41 Å². The van der Waals surface area contributed by atoms with Gasteiger partial charge in [-0.05, 0) is 60.9 Å². The zero-order chi connectivity index (χ0) is 32.2. The molecular weight excluding hydrogens is 584 g/mol. The van der Waals surface area contributed by atoms with Crippen LogP contribution in [0.25, 0.3) is 11.4 Å². The van der Waals surface area contributed by atoms with Gasteiger partial charge in [0.15, 0.2) is 5.82 Å². The highest BCUT2D eigenvalue weighted by Crippen LogP contribution is 2.40. The van der Waals surface area contributed by atoms with Gasteiger partial charge in [-0.2, -0.15) is 17.9 Å². The number of alkyl halides is 3. The molecule has 0 radical (unpaired) electrons. The summed E-state index contributed by atoms with van der Waals surface area (Å²) in [7, 11) is 3.05. The van der Waals surface area contributed by atoms with E-state index < -0.39 is 45.8 Å². The van der Waals surface area contributed by atoms with Crippen LogP contribution >= 0.6 is 0 Å². The van der Waals surface area contributed by atoms with Crippen LogP contribution in [0, 0.1) is 18.2 Å². The van der Waals surface area contributed by atoms with E-state index >= 15 is 4.39 Å². The van der Waals surface area contributed by atoms with E-state index in [1.54, 1.807) is 53.4 Å². The van der Waals surface area contributed by atoms with Crippen molar-refractivity contribution in [2.75, 3.05) is 25.7 Å². The molecule has 2 aromatic carbocycles. The number of carbonyl (C=O) groups excluding carboxylic acids is 1. The third-order valence-corrected chi connectivity index (χ3v) is 6.77. The molecule has 0 saturated heterocycles. The molecule has 0 atom stereocenters. The number of hydrogen-bond acceptors (Lipinski definition) is 8. The molecule has 0 amide bonds. The summed E-state index contributed by atoms with van der Waals surface area (Å²) < 4.78 is 74.2. The Morgan fingerprint density at radius 2 is 1.52 bits per heavy atom. The Kier molecular flexibility index (Phi) is 9.46. The maximum Gasteiger partial charge on any atom is 0.418 e. The normalized spacial score (nSPS) is 11.3. The summed E-state index contributed by atoms with van der Waals surface area (Å²) in [5.41, 5.74) is -2.71. The van der Waals surface area contributed by atoms with E-state index in [0.717, 1.165) is 11.1 Å². The summed E-state index contributed by atoms with van der Waals surface area (Å²) in [6.07, 6.45) is -4.38. The average Bonchev–Trinajstić information content (AvgIpc) is 2.98. The van der Waals surface area contributed by atoms with Crippen molar-refractivity contribution in [3.05, 3.63) is 99.8 Å². The topological polar surface area (TPSA) is 110 Å². The minimum absolute atomic E-state index is 0.0255. The molecule has 2 heterocycles. The van der Waals surface area contributed by atoms with Gasteiger partial charge in [-0.3, -0.25) is 5.41 Å². The van der Waals surface area contributed by atoms with Gasteiger partial charge >= 0.3 is 12.1 Å². The zero-order valence-corrected chi connectivity index (χ0v) is 24.3. The number of anilines is 1. The van der Waals surface area contributed by atoms with E-state index in [1.807, 2.05) is 0 Å². The van der Waals surface area contributed by atoms with Crippen molar-refractivity contribution in [1.82, 2.24) is 9.71 Å². The van der Waals surface area contributed by atoms with Crippen molar-refractivity contribution in [2.45, 2.75) is 33.1 Å². The Labute approximate surface area is 250 Å². The van der Waals surface area contributed by atoms with E-state index in [-0.39, 0.29) is 35.8 Å². The van der Waals surface area contributed by atoms with E-state index in [1.165, 1.54) is 34.1 Å². The third-order valence-electron chi connectivity index (χ3n) is 6.77. The Bertz CT molecular complexity index is 1660. The molecule has 0 aliphatic rings. The summed E-state index contributed by atoms with van der Waals surface area (Å²) in [4.78, 5) is 18.1. The number of rotatable bonds is 10. The highest BCUT2D eigenvalue weighted by atomic mass is 19.4. The maximum absolute atomic E-state index is 15.7. The predicted octanol–water partition coefficient (Wildman–Crippen LogP) is 6.13. The van der Waals surface area contributed by atoms with Gasteiger partial charge in [-0.15, -0.1) is 0 Å². The molecule has 0 fully saturated rings. The molecule has 0 aliphatic heterocycles. The number of pyridine rings is 2. The highest BCUT2D eigenvalue weighted by molar-refractivity contribution is 5.89. The molecule has 0 bridgehead atoms. The number of ether oxygens (including phenoxy) is 3. The fourth-order valence-corrected chi connectivity index (χ4v) is 4.63. The summed E-state index contributed by atoms with van der Waals surface area (Å²) in [6.45, 7) is 2.94. The zero-order valence-electron chi connectivity index (χ0n) is 24.3. The van der Waals surface area contributed by atoms with Crippen LogP contribution in [-0.4, -0.2) is 41.7 Å². The van der Waals surface area contributed by atoms with E-state index in [9.17, 15) is 23.2 Å². The van der Waals surface area contributed by atoms with Gasteiger partial charge in [-0.1, -0.05) is 24.3 Å². The number of halogens is 4. The van der Waals surface area contributed by atoms with Crippen molar-refractivity contribution in [3.63, 3.8) is 0 Å². The number of carbonyl (C=O) groups is 1. The molecule has 2 N–H and O–H groups in total. The lowest BCUT2D eigenvalue weighted by molar-refractivity contribution is -0.137. The number of esters is 1. The van der Waals surface area contributed by atoms with Crippen molar-refractivity contribution < 1.29 is 41.8 Å². The second-order valence-electron chi connectivity index (χ2n) is 9.72. The van der Waals surface area contributed by atoms with Gasteiger partial charge in [0.2, 0.25) is 0 Å². The van der Waals surface area contributed by atoms with Gasteiger partial charge < -0.3 is 24.3 Å². The van der Waals surface area contributed by atoms with Gasteiger partial charge in [0, 0.05) is 13.1 Å². The lowest BCUT2D eigenvalue weighted by atomic mass is 10.0. The monoisotopic (exact) mass is 614 g/mol. The summed E-state index contributed by atoms with van der Waals surface area (Å²) in [6, 6.07) is 15.3. The number of nitrogens with zero attached hydrogens (tertiary/aromatic N) is 3. The molecule has 4 rings (SSSR count). The van der Waals surface area contributed by atoms with E-state index in [0.29, 0.717) is 17.7 Å². The number of nitrogens with one attached hydrogen (secondary N) is 1. The first-order valence-electron chi connectivity index (χ1n) is 13.3. The largest absolute Gasteiger partial charge is 0.497 e. The summed E-state index contributed by atoms with van der Waals surface area (Å²) >= 11 is 0. The Morgan fingerprint density at radius 1 is 1.00 bits per heavy atom. The van der Waals surface area contributed by atoms with Crippen LogP contribution in [0.15, 0.2) is 60.8 Å². The minimum Gasteiger partial charge on any atom is -0.497 e. The van der Waals surface area contributed by atoms with Gasteiger partial charge in [0.25, 0.3) is 0 Å². The molecule has 0 saturated carbocycles. The third kappa shape index (κ3) is 6.77. The van der Waals surface area contributed by atoms with Crippen molar-refractivity contribution in [2.24, 2.45) is 0 Å². The second kappa shape index (κ2) is 13.1. The highest BCUT2D eigenvalue weighted by Gasteiger charge is 2.39. The summed E-state index contributed by atoms with van der Waals surface area (Å²) in [5.74, 6) is -1.44. The first-order valence-corrected chi connectivity index (χ1v) is 13.3. The molecule has 0 unspecified atom stereocenters. The molecule has 4 aromatic rings. The van der Waals surface area contributed by atoms with Crippen LogP contribution in [0.1, 0.15) is 39.5 Å². The SMILES string of the molecule is CCOC(=O)c1cn(O)c(-c2nc(N(Cc3ccc(OC)cc3)Cc3ccc(OC)cc3)cc(C)c2C(F)(F)F)c(F)c1=N. The lowest BCUT2D eigenvalue weighted by Crippen LogP contribution is -2.27. The van der Waals surface area contributed by atoms with Crippen LogP contribution in [0.3, 0.4) is 0 Å². The number of methoxy groups -OCH3 is 2. The molecule has 13 heteroatoms. The van der Waals surface area contributed by atoms with E-state index in [2.05, 4.69) is 4.98 Å². The Morgan fingerprint density at radius 3 is 1.98 bits per heavy atom. The smallest absolute Gasteiger partial charge is 0.418 e. The van der Waals surface area contributed by atoms with E-state index in [4.69, 9.17) is 19.6 Å². The number of aromatic nitrogens is 2. The average molecular weight is 615 g/mol. The second-order valence-corrected chi connectivity index (χ2v) is 9.72. The van der Waals surface area contributed by atoms with Gasteiger partial charge in [0.05, 0.1) is 32.6 Å². The van der Waals surface area contributed by atoms with Crippen molar-refractivity contribution >= 4 is 11.8 Å². The van der Waals surface area contributed by atoms with Crippen LogP contribution in [0.2, 0.25) is 0 Å². The van der Waals surface area contributed by atoms with Crippen LogP contribution in [0.5, 0.6) is 11.5 Å². The first kappa shape index (κ1) is 31.9. The minimum atomic E-state index is -5.01. The van der Waals surface area contributed by atoms with Gasteiger partial charge in [-0.25, -0.2) is 14.2 Å². The molecule has 2 aromatic heterocycles. The number of benzene rings is 2. The Hall–Kier alpha value is -5.07. The van der Waals surface area contributed by atoms with Crippen LogP contribution in [-0.2, 0) is 24.0 Å².